The van der Waals surface area contributed by atoms with Crippen molar-refractivity contribution in [2.24, 2.45) is 0 Å². The fourth-order valence-corrected chi connectivity index (χ4v) is 2.17. The molecule has 104 valence electrons. The largest absolute Gasteiger partial charge is 0.480 e. The van der Waals surface area contributed by atoms with E-state index in [1.165, 1.54) is 0 Å². The predicted molar refractivity (Wildman–Crippen MR) is 79.7 cm³/mol. The van der Waals surface area contributed by atoms with Gasteiger partial charge in [0.25, 0.3) is 0 Å². The Labute approximate surface area is 118 Å². The Morgan fingerprint density at radius 3 is 2.05 bits per heavy atom. The minimum atomic E-state index is -0.884. The van der Waals surface area contributed by atoms with Gasteiger partial charge in [-0.05, 0) is 24.7 Å². The second kappa shape index (κ2) is 6.73. The van der Waals surface area contributed by atoms with Crippen LogP contribution in [0.4, 0.5) is 5.69 Å². The van der Waals surface area contributed by atoms with Crippen molar-refractivity contribution < 1.29 is 9.90 Å². The lowest BCUT2D eigenvalue weighted by molar-refractivity contribution is -0.139. The van der Waals surface area contributed by atoms with E-state index in [0.717, 1.165) is 11.3 Å². The molecular weight excluding hydrogens is 252 g/mol. The van der Waals surface area contributed by atoms with Crippen molar-refractivity contribution in [2.75, 3.05) is 12.4 Å². The van der Waals surface area contributed by atoms with Crippen molar-refractivity contribution in [3.05, 3.63) is 66.2 Å². The van der Waals surface area contributed by atoms with Gasteiger partial charge in [0.1, 0.15) is 6.04 Å². The summed E-state index contributed by atoms with van der Waals surface area (Å²) in [5.41, 5.74) is 1.82. The summed E-state index contributed by atoms with van der Waals surface area (Å²) in [4.78, 5) is 11.4. The number of para-hydroxylation sites is 1. The lowest BCUT2D eigenvalue weighted by atomic mass is 9.99. The third-order valence-corrected chi connectivity index (χ3v) is 3.17. The second-order valence-electron chi connectivity index (χ2n) is 4.50. The van der Waals surface area contributed by atoms with Crippen LogP contribution in [0, 0.1) is 0 Å². The zero-order chi connectivity index (χ0) is 14.4. The second-order valence-corrected chi connectivity index (χ2v) is 4.50. The Kier molecular flexibility index (Phi) is 4.74. The molecule has 0 aromatic heterocycles. The standard InChI is InChI=1S/C16H18N2O2/c1-17-15(16(19)20)14(12-8-4-2-5-9-12)18-13-10-6-3-7-11-13/h2-11,14-15,17-18H,1H3,(H,19,20)/t14-,15+/m0/s1. The summed E-state index contributed by atoms with van der Waals surface area (Å²) >= 11 is 0. The van der Waals surface area contributed by atoms with Crippen LogP contribution >= 0.6 is 0 Å². The number of nitrogens with one attached hydrogen (secondary N) is 2. The fraction of sp³-hybridized carbons (Fsp3) is 0.188. The molecule has 0 saturated heterocycles. The lowest BCUT2D eigenvalue weighted by Crippen LogP contribution is -2.42. The van der Waals surface area contributed by atoms with Crippen molar-refractivity contribution >= 4 is 11.7 Å². The number of rotatable bonds is 6. The molecule has 2 aromatic carbocycles. The Hall–Kier alpha value is -2.33. The van der Waals surface area contributed by atoms with Gasteiger partial charge in [0, 0.05) is 5.69 Å². The normalized spacial score (nSPS) is 13.4. The zero-order valence-electron chi connectivity index (χ0n) is 11.3. The van der Waals surface area contributed by atoms with E-state index in [4.69, 9.17) is 0 Å². The number of carbonyl (C=O) groups is 1. The van der Waals surface area contributed by atoms with Crippen LogP contribution < -0.4 is 10.6 Å². The molecule has 0 aliphatic rings. The van der Waals surface area contributed by atoms with E-state index in [9.17, 15) is 9.90 Å². The van der Waals surface area contributed by atoms with Crippen molar-refractivity contribution in [3.8, 4) is 0 Å². The maximum Gasteiger partial charge on any atom is 0.323 e. The SMILES string of the molecule is CN[C@@H](C(=O)O)[C@@H](Nc1ccccc1)c1ccccc1. The van der Waals surface area contributed by atoms with Gasteiger partial charge in [-0.1, -0.05) is 48.5 Å². The van der Waals surface area contributed by atoms with Crippen molar-refractivity contribution in [2.45, 2.75) is 12.1 Å². The average molecular weight is 270 g/mol. The van der Waals surface area contributed by atoms with Gasteiger partial charge >= 0.3 is 5.97 Å². The number of benzene rings is 2. The first-order valence-electron chi connectivity index (χ1n) is 6.49. The molecule has 4 heteroatoms. The molecule has 0 saturated carbocycles. The van der Waals surface area contributed by atoms with Crippen LogP contribution in [0.2, 0.25) is 0 Å². The van der Waals surface area contributed by atoms with E-state index < -0.39 is 12.0 Å². The van der Waals surface area contributed by atoms with E-state index >= 15 is 0 Å². The minimum absolute atomic E-state index is 0.346. The van der Waals surface area contributed by atoms with Crippen LogP contribution in [-0.2, 0) is 4.79 Å². The lowest BCUT2D eigenvalue weighted by Gasteiger charge is -2.26. The highest BCUT2D eigenvalue weighted by molar-refractivity contribution is 5.75. The minimum Gasteiger partial charge on any atom is -0.480 e. The summed E-state index contributed by atoms with van der Waals surface area (Å²) < 4.78 is 0. The molecule has 0 amide bonds. The smallest absolute Gasteiger partial charge is 0.323 e. The zero-order valence-corrected chi connectivity index (χ0v) is 11.3. The topological polar surface area (TPSA) is 61.4 Å². The number of hydrogen-bond acceptors (Lipinski definition) is 3. The van der Waals surface area contributed by atoms with Gasteiger partial charge in [-0.15, -0.1) is 0 Å². The molecule has 3 N–H and O–H groups in total. The highest BCUT2D eigenvalue weighted by Crippen LogP contribution is 2.22. The highest BCUT2D eigenvalue weighted by atomic mass is 16.4. The quantitative estimate of drug-likeness (QED) is 0.755. The van der Waals surface area contributed by atoms with Gasteiger partial charge in [0.2, 0.25) is 0 Å². The van der Waals surface area contributed by atoms with Gasteiger partial charge in [-0.3, -0.25) is 4.79 Å². The number of carboxylic acid groups (broad SMARTS) is 1. The molecule has 0 aliphatic carbocycles. The van der Waals surface area contributed by atoms with Crippen LogP contribution in [0.15, 0.2) is 60.7 Å². The Morgan fingerprint density at radius 2 is 1.55 bits per heavy atom. The molecule has 0 unspecified atom stereocenters. The van der Waals surface area contributed by atoms with Gasteiger partial charge in [0.15, 0.2) is 0 Å². The van der Waals surface area contributed by atoms with Crippen molar-refractivity contribution in [1.82, 2.24) is 5.32 Å². The van der Waals surface area contributed by atoms with E-state index in [2.05, 4.69) is 10.6 Å². The van der Waals surface area contributed by atoms with Gasteiger partial charge < -0.3 is 15.7 Å². The molecule has 0 radical (unpaired) electrons. The molecule has 0 fully saturated rings. The van der Waals surface area contributed by atoms with E-state index in [1.807, 2.05) is 60.7 Å². The Bertz CT molecular complexity index is 543. The molecule has 0 aliphatic heterocycles. The number of likely N-dealkylation sites (N-methyl/N-ethyl adjacent to an activating group) is 1. The van der Waals surface area contributed by atoms with Crippen LogP contribution in [-0.4, -0.2) is 24.2 Å². The number of hydrogen-bond donors (Lipinski definition) is 3. The highest BCUT2D eigenvalue weighted by Gasteiger charge is 2.27. The van der Waals surface area contributed by atoms with E-state index in [-0.39, 0.29) is 6.04 Å². The predicted octanol–water partition coefficient (Wildman–Crippen LogP) is 2.51. The maximum atomic E-state index is 11.4. The number of carboxylic acids is 1. The molecule has 20 heavy (non-hydrogen) atoms. The van der Waals surface area contributed by atoms with Crippen LogP contribution in [0.5, 0.6) is 0 Å². The first kappa shape index (κ1) is 14.1. The summed E-state index contributed by atoms with van der Waals surface area (Å²) in [5, 5.41) is 15.5. The summed E-state index contributed by atoms with van der Waals surface area (Å²) in [7, 11) is 1.65. The average Bonchev–Trinajstić information content (AvgIpc) is 2.48. The first-order valence-corrected chi connectivity index (χ1v) is 6.49. The summed E-state index contributed by atoms with van der Waals surface area (Å²) in [5.74, 6) is -0.884. The van der Waals surface area contributed by atoms with Crippen LogP contribution in [0.3, 0.4) is 0 Å². The molecular formula is C16H18N2O2. The molecule has 2 atom stereocenters. The monoisotopic (exact) mass is 270 g/mol. The van der Waals surface area contributed by atoms with Crippen LogP contribution in [0.25, 0.3) is 0 Å². The van der Waals surface area contributed by atoms with E-state index in [0.29, 0.717) is 0 Å². The molecule has 4 nitrogen and oxygen atoms in total. The molecule has 2 aromatic rings. The fourth-order valence-electron chi connectivity index (χ4n) is 2.17. The Morgan fingerprint density at radius 1 is 1.00 bits per heavy atom. The summed E-state index contributed by atoms with van der Waals surface area (Å²) in [6.07, 6.45) is 0. The first-order chi connectivity index (χ1) is 9.72. The summed E-state index contributed by atoms with van der Waals surface area (Å²) in [6, 6.07) is 18.1. The summed E-state index contributed by atoms with van der Waals surface area (Å²) in [6.45, 7) is 0. The molecule has 2 rings (SSSR count). The van der Waals surface area contributed by atoms with Gasteiger partial charge in [0.05, 0.1) is 6.04 Å². The molecule has 0 spiro atoms. The maximum absolute atomic E-state index is 11.4. The van der Waals surface area contributed by atoms with Gasteiger partial charge in [-0.2, -0.15) is 0 Å². The molecule has 0 heterocycles. The third-order valence-electron chi connectivity index (χ3n) is 3.17. The van der Waals surface area contributed by atoms with Crippen molar-refractivity contribution in [1.29, 1.82) is 0 Å². The van der Waals surface area contributed by atoms with Crippen LogP contribution in [0.1, 0.15) is 11.6 Å². The number of anilines is 1. The van der Waals surface area contributed by atoms with Gasteiger partial charge in [-0.25, -0.2) is 0 Å². The van der Waals surface area contributed by atoms with E-state index in [1.54, 1.807) is 7.05 Å². The number of aliphatic carboxylic acids is 1. The van der Waals surface area contributed by atoms with Crippen molar-refractivity contribution in [3.63, 3.8) is 0 Å². The third kappa shape index (κ3) is 3.36. The molecule has 0 bridgehead atoms. The Balaban J connectivity index is 2.31.